The highest BCUT2D eigenvalue weighted by molar-refractivity contribution is 7.89. The van der Waals surface area contributed by atoms with Crippen molar-refractivity contribution in [2.45, 2.75) is 24.3 Å². The van der Waals surface area contributed by atoms with Gasteiger partial charge in [-0.3, -0.25) is 4.90 Å². The lowest BCUT2D eigenvalue weighted by molar-refractivity contribution is 0.156. The Morgan fingerprint density at radius 3 is 2.00 bits per heavy atom. The van der Waals surface area contributed by atoms with Crippen LogP contribution in [0.1, 0.15) is 30.5 Å². The number of nitrogens with zero attached hydrogens (tertiary/aromatic N) is 2. The molecule has 174 valence electrons. The molecule has 0 bridgehead atoms. The number of hydrogen-bond donors (Lipinski definition) is 0. The summed E-state index contributed by atoms with van der Waals surface area (Å²) in [5, 5.41) is 0.417. The summed E-state index contributed by atoms with van der Waals surface area (Å²) in [6.45, 7) is 4.61. The summed E-state index contributed by atoms with van der Waals surface area (Å²) in [5.74, 6) is 0.409. The highest BCUT2D eigenvalue weighted by atomic mass is 35.5. The smallest absolute Gasteiger partial charge is 0.243 e. The average Bonchev–Trinajstić information content (AvgIpc) is 2.85. The molecule has 1 aliphatic heterocycles. The third-order valence-corrected chi connectivity index (χ3v) is 8.08. The van der Waals surface area contributed by atoms with Crippen LogP contribution in [0, 0.1) is 0 Å². The number of piperazine rings is 1. The van der Waals surface area contributed by atoms with Gasteiger partial charge in [-0.2, -0.15) is 4.31 Å². The largest absolute Gasteiger partial charge is 0.492 e. The summed E-state index contributed by atoms with van der Waals surface area (Å²) in [6.07, 6.45) is 0.819. The molecule has 1 saturated heterocycles. The standard InChI is InChI=1S/C26H29ClN2O3S/c1-2-19-32-25-20-23(13-14-24(25)27)33(30,31)29-17-15-28(16-18-29)26(21-9-5-3-6-10-21)22-11-7-4-8-12-22/h3-14,20,26H,2,15-19H2,1H3. The van der Waals surface area contributed by atoms with Gasteiger partial charge in [-0.1, -0.05) is 79.2 Å². The van der Waals surface area contributed by atoms with Gasteiger partial charge in [-0.15, -0.1) is 0 Å². The topological polar surface area (TPSA) is 49.9 Å². The quantitative estimate of drug-likeness (QED) is 0.439. The summed E-state index contributed by atoms with van der Waals surface area (Å²) in [7, 11) is -3.64. The Morgan fingerprint density at radius 1 is 0.879 bits per heavy atom. The molecule has 0 aliphatic carbocycles. The minimum Gasteiger partial charge on any atom is -0.492 e. The van der Waals surface area contributed by atoms with E-state index in [9.17, 15) is 8.42 Å². The van der Waals surface area contributed by atoms with Gasteiger partial charge in [0, 0.05) is 32.2 Å². The summed E-state index contributed by atoms with van der Waals surface area (Å²) < 4.78 is 33.9. The van der Waals surface area contributed by atoms with E-state index in [1.165, 1.54) is 17.2 Å². The van der Waals surface area contributed by atoms with Crippen molar-refractivity contribution in [3.8, 4) is 5.75 Å². The molecule has 0 N–H and O–H groups in total. The van der Waals surface area contributed by atoms with E-state index in [0.717, 1.165) is 6.42 Å². The second kappa shape index (κ2) is 10.7. The van der Waals surface area contributed by atoms with Crippen molar-refractivity contribution in [1.82, 2.24) is 9.21 Å². The maximum Gasteiger partial charge on any atom is 0.243 e. The molecular formula is C26H29ClN2O3S. The predicted molar refractivity (Wildman–Crippen MR) is 132 cm³/mol. The van der Waals surface area contributed by atoms with E-state index < -0.39 is 10.0 Å². The lowest BCUT2D eigenvalue weighted by Crippen LogP contribution is -2.49. The maximum atomic E-state index is 13.3. The molecule has 1 fully saturated rings. The fraction of sp³-hybridized carbons (Fsp3) is 0.308. The molecule has 0 aromatic heterocycles. The normalized spacial score (nSPS) is 15.6. The second-order valence-corrected chi connectivity index (χ2v) is 10.4. The van der Waals surface area contributed by atoms with Crippen LogP contribution in [0.3, 0.4) is 0 Å². The van der Waals surface area contributed by atoms with Gasteiger partial charge in [0.2, 0.25) is 10.0 Å². The SMILES string of the molecule is CCCOc1cc(S(=O)(=O)N2CCN(C(c3ccccc3)c3ccccc3)CC2)ccc1Cl. The van der Waals surface area contributed by atoms with Crippen LogP contribution in [0.15, 0.2) is 83.8 Å². The lowest BCUT2D eigenvalue weighted by atomic mass is 9.96. The number of sulfonamides is 1. The van der Waals surface area contributed by atoms with Crippen LogP contribution in [-0.4, -0.2) is 50.4 Å². The van der Waals surface area contributed by atoms with Crippen molar-refractivity contribution in [2.24, 2.45) is 0 Å². The van der Waals surface area contributed by atoms with E-state index in [2.05, 4.69) is 29.2 Å². The van der Waals surface area contributed by atoms with Gasteiger partial charge in [-0.25, -0.2) is 8.42 Å². The third kappa shape index (κ3) is 5.41. The average molecular weight is 485 g/mol. The molecule has 0 saturated carbocycles. The molecule has 3 aromatic rings. The van der Waals surface area contributed by atoms with Gasteiger partial charge in [0.05, 0.1) is 22.6 Å². The summed E-state index contributed by atoms with van der Waals surface area (Å²) in [6, 6.07) is 25.5. The van der Waals surface area contributed by atoms with Crippen molar-refractivity contribution in [3.63, 3.8) is 0 Å². The Bertz CT molecular complexity index is 1110. The van der Waals surface area contributed by atoms with Gasteiger partial charge in [0.15, 0.2) is 0 Å². The number of ether oxygens (including phenoxy) is 1. The Labute approximate surface area is 201 Å². The first kappa shape index (κ1) is 23.8. The summed E-state index contributed by atoms with van der Waals surface area (Å²) in [5.41, 5.74) is 2.41. The minimum absolute atomic E-state index is 0.0850. The van der Waals surface area contributed by atoms with E-state index in [1.807, 2.05) is 43.3 Å². The molecule has 33 heavy (non-hydrogen) atoms. The van der Waals surface area contributed by atoms with Crippen LogP contribution in [-0.2, 0) is 10.0 Å². The molecule has 3 aromatic carbocycles. The first-order valence-corrected chi connectivity index (χ1v) is 13.1. The molecule has 0 atom stereocenters. The molecule has 4 rings (SSSR count). The van der Waals surface area contributed by atoms with Crippen LogP contribution in [0.4, 0.5) is 0 Å². The zero-order valence-corrected chi connectivity index (χ0v) is 20.3. The van der Waals surface area contributed by atoms with Gasteiger partial charge < -0.3 is 4.74 Å². The third-order valence-electron chi connectivity index (χ3n) is 5.87. The van der Waals surface area contributed by atoms with E-state index in [1.54, 1.807) is 16.4 Å². The monoisotopic (exact) mass is 484 g/mol. The van der Waals surface area contributed by atoms with Gasteiger partial charge in [0.1, 0.15) is 5.75 Å². The molecule has 0 amide bonds. The summed E-state index contributed by atoms with van der Waals surface area (Å²) in [4.78, 5) is 2.57. The predicted octanol–water partition coefficient (Wildman–Crippen LogP) is 5.22. The zero-order valence-electron chi connectivity index (χ0n) is 18.7. The van der Waals surface area contributed by atoms with E-state index in [0.29, 0.717) is 43.6 Å². The van der Waals surface area contributed by atoms with Gasteiger partial charge >= 0.3 is 0 Å². The highest BCUT2D eigenvalue weighted by Crippen LogP contribution is 2.32. The van der Waals surface area contributed by atoms with Crippen LogP contribution in [0.25, 0.3) is 0 Å². The van der Waals surface area contributed by atoms with Crippen LogP contribution < -0.4 is 4.74 Å². The Morgan fingerprint density at radius 2 is 1.45 bits per heavy atom. The maximum absolute atomic E-state index is 13.3. The van der Waals surface area contributed by atoms with Gasteiger partial charge in [0.25, 0.3) is 0 Å². The van der Waals surface area contributed by atoms with E-state index in [4.69, 9.17) is 16.3 Å². The van der Waals surface area contributed by atoms with Crippen LogP contribution in [0.5, 0.6) is 5.75 Å². The number of rotatable bonds is 8. The zero-order chi connectivity index (χ0) is 23.3. The fourth-order valence-corrected chi connectivity index (χ4v) is 5.81. The Kier molecular flexibility index (Phi) is 7.71. The first-order valence-electron chi connectivity index (χ1n) is 11.3. The molecular weight excluding hydrogens is 456 g/mol. The number of halogens is 1. The van der Waals surface area contributed by atoms with Crippen LogP contribution in [0.2, 0.25) is 5.02 Å². The Hall–Kier alpha value is -2.38. The van der Waals surface area contributed by atoms with Crippen LogP contribution >= 0.6 is 11.6 Å². The second-order valence-electron chi connectivity index (χ2n) is 8.10. The number of benzene rings is 3. The molecule has 0 spiro atoms. The highest BCUT2D eigenvalue weighted by Gasteiger charge is 2.32. The fourth-order valence-electron chi connectivity index (χ4n) is 4.20. The molecule has 1 heterocycles. The van der Waals surface area contributed by atoms with Crippen molar-refractivity contribution in [3.05, 3.63) is 95.0 Å². The van der Waals surface area contributed by atoms with Crippen molar-refractivity contribution >= 4 is 21.6 Å². The van der Waals surface area contributed by atoms with Crippen molar-refractivity contribution < 1.29 is 13.2 Å². The lowest BCUT2D eigenvalue weighted by Gasteiger charge is -2.39. The van der Waals surface area contributed by atoms with Gasteiger partial charge in [-0.05, 0) is 29.7 Å². The van der Waals surface area contributed by atoms with Crippen molar-refractivity contribution in [1.29, 1.82) is 0 Å². The molecule has 1 aliphatic rings. The first-order chi connectivity index (χ1) is 16.0. The van der Waals surface area contributed by atoms with E-state index in [-0.39, 0.29) is 10.9 Å². The minimum atomic E-state index is -3.64. The summed E-state index contributed by atoms with van der Waals surface area (Å²) >= 11 is 6.20. The van der Waals surface area contributed by atoms with Crippen molar-refractivity contribution in [2.75, 3.05) is 32.8 Å². The molecule has 5 nitrogen and oxygen atoms in total. The molecule has 0 unspecified atom stereocenters. The number of hydrogen-bond acceptors (Lipinski definition) is 4. The Balaban J connectivity index is 1.53. The van der Waals surface area contributed by atoms with E-state index >= 15 is 0 Å². The molecule has 7 heteroatoms. The molecule has 0 radical (unpaired) electrons.